The van der Waals surface area contributed by atoms with Crippen molar-refractivity contribution >= 4 is 23.6 Å². The lowest BCUT2D eigenvalue weighted by atomic mass is 10.2. The molecule has 0 bridgehead atoms. The molecule has 0 saturated carbocycles. The van der Waals surface area contributed by atoms with Crippen LogP contribution in [-0.4, -0.2) is 36.1 Å². The Bertz CT molecular complexity index is 539. The van der Waals surface area contributed by atoms with E-state index in [9.17, 15) is 18.4 Å². The summed E-state index contributed by atoms with van der Waals surface area (Å²) < 4.78 is 26.7. The zero-order valence-electron chi connectivity index (χ0n) is 10.9. The van der Waals surface area contributed by atoms with Gasteiger partial charge in [-0.25, -0.2) is 8.78 Å². The van der Waals surface area contributed by atoms with Crippen LogP contribution in [0.1, 0.15) is 17.4 Å². The van der Waals surface area contributed by atoms with Crippen LogP contribution in [0.15, 0.2) is 18.2 Å². The molecule has 2 amide bonds. The SMILES string of the molecule is CNC(=O)CCN1C(=O)CS[C@H]1c1ccc(F)cc1F. The Balaban J connectivity index is 2.17. The van der Waals surface area contributed by atoms with E-state index >= 15 is 0 Å². The topological polar surface area (TPSA) is 49.4 Å². The monoisotopic (exact) mass is 300 g/mol. The van der Waals surface area contributed by atoms with Crippen molar-refractivity contribution in [2.24, 2.45) is 0 Å². The van der Waals surface area contributed by atoms with E-state index in [1.807, 2.05) is 0 Å². The summed E-state index contributed by atoms with van der Waals surface area (Å²) in [5, 5.41) is 1.96. The number of hydrogen-bond donors (Lipinski definition) is 1. The van der Waals surface area contributed by atoms with Gasteiger partial charge in [0.1, 0.15) is 17.0 Å². The van der Waals surface area contributed by atoms with Crippen LogP contribution in [0.25, 0.3) is 0 Å². The van der Waals surface area contributed by atoms with Crippen molar-refractivity contribution < 1.29 is 18.4 Å². The lowest BCUT2D eigenvalue weighted by Crippen LogP contribution is -2.32. The maximum absolute atomic E-state index is 13.8. The van der Waals surface area contributed by atoms with Gasteiger partial charge in [-0.15, -0.1) is 11.8 Å². The van der Waals surface area contributed by atoms with E-state index in [1.54, 1.807) is 0 Å². The standard InChI is InChI=1S/C13H14F2N2O2S/c1-16-11(18)4-5-17-12(19)7-20-13(17)9-3-2-8(14)6-10(9)15/h2-3,6,13H,4-5,7H2,1H3,(H,16,18)/t13-/m0/s1. The maximum Gasteiger partial charge on any atom is 0.233 e. The number of nitrogens with one attached hydrogen (secondary N) is 1. The molecule has 1 heterocycles. The minimum Gasteiger partial charge on any atom is -0.359 e. The Kier molecular flexibility index (Phi) is 4.59. The van der Waals surface area contributed by atoms with Gasteiger partial charge in [0.2, 0.25) is 11.8 Å². The highest BCUT2D eigenvalue weighted by Crippen LogP contribution is 2.39. The van der Waals surface area contributed by atoms with E-state index in [-0.39, 0.29) is 36.1 Å². The van der Waals surface area contributed by atoms with Crippen molar-refractivity contribution in [1.29, 1.82) is 0 Å². The Hall–Kier alpha value is -1.63. The van der Waals surface area contributed by atoms with E-state index in [4.69, 9.17) is 0 Å². The zero-order chi connectivity index (χ0) is 14.7. The molecule has 1 N–H and O–H groups in total. The van der Waals surface area contributed by atoms with Gasteiger partial charge in [-0.1, -0.05) is 6.07 Å². The molecule has 4 nitrogen and oxygen atoms in total. The molecule has 1 aliphatic heterocycles. The quantitative estimate of drug-likeness (QED) is 0.920. The van der Waals surface area contributed by atoms with Gasteiger partial charge in [-0.3, -0.25) is 9.59 Å². The van der Waals surface area contributed by atoms with Crippen LogP contribution < -0.4 is 5.32 Å². The molecular weight excluding hydrogens is 286 g/mol. The molecular formula is C13H14F2N2O2S. The summed E-state index contributed by atoms with van der Waals surface area (Å²) in [6.45, 7) is 0.215. The van der Waals surface area contributed by atoms with Crippen LogP contribution in [0.2, 0.25) is 0 Å². The van der Waals surface area contributed by atoms with E-state index in [0.29, 0.717) is 0 Å². The van der Waals surface area contributed by atoms with E-state index < -0.39 is 17.0 Å². The third-order valence-electron chi connectivity index (χ3n) is 3.06. The second kappa shape index (κ2) is 6.21. The first-order chi connectivity index (χ1) is 9.52. The van der Waals surface area contributed by atoms with Gasteiger partial charge in [0, 0.05) is 31.6 Å². The molecule has 0 spiro atoms. The van der Waals surface area contributed by atoms with Gasteiger partial charge in [0.25, 0.3) is 0 Å². The third kappa shape index (κ3) is 3.09. The van der Waals surface area contributed by atoms with Crippen LogP contribution in [0.3, 0.4) is 0 Å². The lowest BCUT2D eigenvalue weighted by molar-refractivity contribution is -0.129. The zero-order valence-corrected chi connectivity index (χ0v) is 11.7. The smallest absolute Gasteiger partial charge is 0.233 e. The largest absolute Gasteiger partial charge is 0.359 e. The number of rotatable bonds is 4. The van der Waals surface area contributed by atoms with Gasteiger partial charge in [-0.2, -0.15) is 0 Å². The van der Waals surface area contributed by atoms with Crippen molar-refractivity contribution in [3.8, 4) is 0 Å². The fraction of sp³-hybridized carbons (Fsp3) is 0.385. The molecule has 0 radical (unpaired) electrons. The summed E-state index contributed by atoms with van der Waals surface area (Å²) in [7, 11) is 1.51. The Morgan fingerprint density at radius 2 is 2.25 bits per heavy atom. The normalized spacial score (nSPS) is 18.4. The first-order valence-corrected chi connectivity index (χ1v) is 7.14. The maximum atomic E-state index is 13.8. The minimum absolute atomic E-state index is 0.146. The first-order valence-electron chi connectivity index (χ1n) is 6.09. The lowest BCUT2D eigenvalue weighted by Gasteiger charge is -2.24. The van der Waals surface area contributed by atoms with E-state index in [2.05, 4.69) is 5.32 Å². The Morgan fingerprint density at radius 3 is 2.90 bits per heavy atom. The molecule has 1 saturated heterocycles. The van der Waals surface area contributed by atoms with Crippen LogP contribution in [0.4, 0.5) is 8.78 Å². The van der Waals surface area contributed by atoms with Gasteiger partial charge in [-0.05, 0) is 6.07 Å². The van der Waals surface area contributed by atoms with Gasteiger partial charge >= 0.3 is 0 Å². The summed E-state index contributed by atoms with van der Waals surface area (Å²) in [6.07, 6.45) is 0.155. The van der Waals surface area contributed by atoms with Crippen molar-refractivity contribution in [3.05, 3.63) is 35.4 Å². The molecule has 20 heavy (non-hydrogen) atoms. The van der Waals surface area contributed by atoms with Crippen molar-refractivity contribution in [2.75, 3.05) is 19.3 Å². The molecule has 0 aliphatic carbocycles. The molecule has 1 fully saturated rings. The number of hydrogen-bond acceptors (Lipinski definition) is 3. The van der Waals surface area contributed by atoms with Gasteiger partial charge in [0.05, 0.1) is 5.75 Å². The van der Waals surface area contributed by atoms with E-state index in [0.717, 1.165) is 6.07 Å². The second-order valence-corrected chi connectivity index (χ2v) is 5.41. The van der Waals surface area contributed by atoms with Gasteiger partial charge in [0.15, 0.2) is 0 Å². The highest BCUT2D eigenvalue weighted by Gasteiger charge is 2.34. The third-order valence-corrected chi connectivity index (χ3v) is 4.29. The highest BCUT2D eigenvalue weighted by molar-refractivity contribution is 8.00. The summed E-state index contributed by atoms with van der Waals surface area (Å²) in [5.74, 6) is -1.44. The van der Waals surface area contributed by atoms with Crippen LogP contribution in [-0.2, 0) is 9.59 Å². The molecule has 7 heteroatoms. The molecule has 1 atom stereocenters. The number of carbonyl (C=O) groups excluding carboxylic acids is 2. The minimum atomic E-state index is -0.679. The number of benzene rings is 1. The first kappa shape index (κ1) is 14.8. The molecule has 1 aliphatic rings. The predicted molar refractivity (Wildman–Crippen MR) is 72.0 cm³/mol. The summed E-state index contributed by atoms with van der Waals surface area (Å²) in [6, 6.07) is 3.31. The molecule has 0 unspecified atom stereocenters. The van der Waals surface area contributed by atoms with E-state index in [1.165, 1.54) is 35.8 Å². The fourth-order valence-corrected chi connectivity index (χ4v) is 3.24. The average molecular weight is 300 g/mol. The van der Waals surface area contributed by atoms with Gasteiger partial charge < -0.3 is 10.2 Å². The molecule has 2 rings (SSSR count). The van der Waals surface area contributed by atoms with Crippen molar-refractivity contribution in [2.45, 2.75) is 11.8 Å². The molecule has 1 aromatic rings. The number of amides is 2. The fourth-order valence-electron chi connectivity index (χ4n) is 2.00. The molecule has 1 aromatic carbocycles. The van der Waals surface area contributed by atoms with Crippen molar-refractivity contribution in [3.63, 3.8) is 0 Å². The number of halogens is 2. The second-order valence-electron chi connectivity index (χ2n) is 4.34. The van der Waals surface area contributed by atoms with Crippen LogP contribution in [0.5, 0.6) is 0 Å². The summed E-state index contributed by atoms with van der Waals surface area (Å²) in [4.78, 5) is 24.5. The number of nitrogens with zero attached hydrogens (tertiary/aromatic N) is 1. The van der Waals surface area contributed by atoms with Crippen LogP contribution >= 0.6 is 11.8 Å². The highest BCUT2D eigenvalue weighted by atomic mass is 32.2. The average Bonchev–Trinajstić information content (AvgIpc) is 2.77. The van der Waals surface area contributed by atoms with Crippen LogP contribution in [0, 0.1) is 11.6 Å². The Morgan fingerprint density at radius 1 is 1.50 bits per heavy atom. The summed E-state index contributed by atoms with van der Waals surface area (Å²) >= 11 is 1.27. The Labute approximate surface area is 119 Å². The predicted octanol–water partition coefficient (Wildman–Crippen LogP) is 1.67. The van der Waals surface area contributed by atoms with Crippen molar-refractivity contribution in [1.82, 2.24) is 10.2 Å². The number of carbonyl (C=O) groups is 2. The number of thioether (sulfide) groups is 1. The molecule has 0 aromatic heterocycles. The summed E-state index contributed by atoms with van der Waals surface area (Å²) in [5.41, 5.74) is 0.263. The molecule has 108 valence electrons.